The van der Waals surface area contributed by atoms with E-state index in [1.165, 1.54) is 0 Å². The number of hydrogen-bond acceptors (Lipinski definition) is 5. The van der Waals surface area contributed by atoms with Gasteiger partial charge in [-0.3, -0.25) is 19.7 Å². The summed E-state index contributed by atoms with van der Waals surface area (Å²) >= 11 is 0. The summed E-state index contributed by atoms with van der Waals surface area (Å²) in [5.74, 6) is -1.77. The van der Waals surface area contributed by atoms with Crippen LogP contribution in [0, 0.1) is 0 Å². The van der Waals surface area contributed by atoms with Crippen LogP contribution in [-0.4, -0.2) is 34.4 Å². The molecule has 0 aliphatic carbocycles. The Hall–Kier alpha value is -2.99. The van der Waals surface area contributed by atoms with Gasteiger partial charge in [0.1, 0.15) is 18.2 Å². The topological polar surface area (TPSA) is 92.7 Å². The second-order valence-corrected chi connectivity index (χ2v) is 7.11. The fourth-order valence-corrected chi connectivity index (χ4v) is 2.87. The number of carbonyl (C=O) groups excluding carboxylic acids is 2. The quantitative estimate of drug-likeness (QED) is 0.445. The normalized spacial score (nSPS) is 13.9. The molecule has 0 spiro atoms. The average molecular weight is 397 g/mol. The summed E-state index contributed by atoms with van der Waals surface area (Å²) in [6.45, 7) is 3.52. The fraction of sp³-hybridized carbons (Fsp3) is 0.348. The van der Waals surface area contributed by atoms with Crippen molar-refractivity contribution in [2.75, 3.05) is 0 Å². The number of ketones is 1. The van der Waals surface area contributed by atoms with Crippen LogP contribution in [0.1, 0.15) is 49.0 Å². The highest BCUT2D eigenvalue weighted by atomic mass is 16.5. The second kappa shape index (κ2) is 10.5. The van der Waals surface area contributed by atoms with Crippen molar-refractivity contribution in [2.24, 2.45) is 0 Å². The fourth-order valence-electron chi connectivity index (χ4n) is 2.87. The predicted molar refractivity (Wildman–Crippen MR) is 110 cm³/mol. The summed E-state index contributed by atoms with van der Waals surface area (Å²) in [6.07, 6.45) is 0.481. The largest absolute Gasteiger partial charge is 0.480 e. The minimum atomic E-state index is -1.17. The Morgan fingerprint density at radius 1 is 1.03 bits per heavy atom. The van der Waals surface area contributed by atoms with Crippen molar-refractivity contribution in [2.45, 2.75) is 51.3 Å². The van der Waals surface area contributed by atoms with Crippen LogP contribution < -0.4 is 5.32 Å². The smallest absolute Gasteiger partial charge is 0.326 e. The van der Waals surface area contributed by atoms with Gasteiger partial charge in [0.25, 0.3) is 0 Å². The molecule has 6 heteroatoms. The molecule has 0 radical (unpaired) electrons. The Morgan fingerprint density at radius 2 is 1.62 bits per heavy atom. The number of ether oxygens (including phenoxy) is 1. The van der Waals surface area contributed by atoms with Crippen molar-refractivity contribution in [1.82, 2.24) is 5.32 Å². The average Bonchev–Trinajstić information content (AvgIpc) is 2.75. The van der Waals surface area contributed by atoms with E-state index in [0.29, 0.717) is 12.0 Å². The molecule has 2 N–H and O–H groups in total. The Kier molecular flexibility index (Phi) is 8.09. The zero-order valence-corrected chi connectivity index (χ0v) is 16.8. The maximum Gasteiger partial charge on any atom is 0.326 e. The van der Waals surface area contributed by atoms with Gasteiger partial charge in [-0.1, -0.05) is 67.6 Å². The van der Waals surface area contributed by atoms with Crippen LogP contribution in [0.25, 0.3) is 0 Å². The lowest BCUT2D eigenvalue weighted by Gasteiger charge is -2.30. The summed E-state index contributed by atoms with van der Waals surface area (Å²) in [6, 6.07) is 17.0. The highest BCUT2D eigenvalue weighted by Crippen LogP contribution is 2.17. The SMILES string of the molecule is CCC(C)(NC(CCC(=O)c1ccccc1)C(=O)O)C(=O)OCc1ccccc1. The zero-order valence-electron chi connectivity index (χ0n) is 16.8. The summed E-state index contributed by atoms with van der Waals surface area (Å²) in [5, 5.41) is 12.5. The maximum absolute atomic E-state index is 12.6. The molecular formula is C23H27NO5. The van der Waals surface area contributed by atoms with Gasteiger partial charge in [-0.25, -0.2) is 0 Å². The van der Waals surface area contributed by atoms with Crippen molar-refractivity contribution in [3.63, 3.8) is 0 Å². The van der Waals surface area contributed by atoms with Crippen molar-refractivity contribution in [3.05, 3.63) is 71.8 Å². The molecule has 2 unspecified atom stereocenters. The lowest BCUT2D eigenvalue weighted by atomic mass is 9.95. The minimum absolute atomic E-state index is 0.0623. The number of carboxylic acid groups (broad SMARTS) is 1. The third kappa shape index (κ3) is 6.54. The van der Waals surface area contributed by atoms with Gasteiger partial charge in [0.2, 0.25) is 0 Å². The third-order valence-corrected chi connectivity index (χ3v) is 4.92. The molecule has 2 aromatic carbocycles. The van der Waals surface area contributed by atoms with E-state index in [9.17, 15) is 19.5 Å². The predicted octanol–water partition coefficient (Wildman–Crippen LogP) is 3.60. The van der Waals surface area contributed by atoms with E-state index in [-0.39, 0.29) is 25.2 Å². The number of Topliss-reactive ketones (excluding diaryl/α,β-unsaturated/α-hetero) is 1. The van der Waals surface area contributed by atoms with Crippen LogP contribution in [0.4, 0.5) is 0 Å². The first kappa shape index (κ1) is 22.3. The second-order valence-electron chi connectivity index (χ2n) is 7.11. The minimum Gasteiger partial charge on any atom is -0.480 e. The van der Waals surface area contributed by atoms with Crippen molar-refractivity contribution < 1.29 is 24.2 Å². The molecule has 0 amide bonds. The molecule has 2 atom stereocenters. The molecule has 29 heavy (non-hydrogen) atoms. The van der Waals surface area contributed by atoms with Crippen molar-refractivity contribution in [1.29, 1.82) is 0 Å². The number of rotatable bonds is 11. The van der Waals surface area contributed by atoms with Gasteiger partial charge in [-0.05, 0) is 25.3 Å². The summed E-state index contributed by atoms with van der Waals surface area (Å²) in [4.78, 5) is 36.6. The summed E-state index contributed by atoms with van der Waals surface area (Å²) in [5.41, 5.74) is 0.216. The first-order chi connectivity index (χ1) is 13.9. The Balaban J connectivity index is 1.98. The van der Waals surface area contributed by atoms with E-state index in [0.717, 1.165) is 5.56 Å². The molecule has 154 valence electrons. The van der Waals surface area contributed by atoms with Crippen LogP contribution in [0.2, 0.25) is 0 Å². The van der Waals surface area contributed by atoms with Crippen LogP contribution in [-0.2, 0) is 20.9 Å². The molecule has 0 aliphatic heterocycles. The number of aliphatic carboxylic acids is 1. The molecule has 0 heterocycles. The number of hydrogen-bond donors (Lipinski definition) is 2. The van der Waals surface area contributed by atoms with E-state index in [1.807, 2.05) is 36.4 Å². The highest BCUT2D eigenvalue weighted by molar-refractivity contribution is 5.96. The zero-order chi connectivity index (χ0) is 21.3. The lowest BCUT2D eigenvalue weighted by Crippen LogP contribution is -2.56. The molecule has 0 aliphatic rings. The Bertz CT molecular complexity index is 822. The Labute approximate surface area is 170 Å². The van der Waals surface area contributed by atoms with Crippen LogP contribution >= 0.6 is 0 Å². The molecule has 0 fully saturated rings. The van der Waals surface area contributed by atoms with Gasteiger partial charge in [-0.15, -0.1) is 0 Å². The molecule has 6 nitrogen and oxygen atoms in total. The summed E-state index contributed by atoms with van der Waals surface area (Å²) in [7, 11) is 0. The van der Waals surface area contributed by atoms with Crippen molar-refractivity contribution >= 4 is 17.7 Å². The Morgan fingerprint density at radius 3 is 2.17 bits per heavy atom. The van der Waals surface area contributed by atoms with E-state index < -0.39 is 23.5 Å². The van der Waals surface area contributed by atoms with E-state index in [4.69, 9.17) is 4.74 Å². The number of carbonyl (C=O) groups is 3. The summed E-state index contributed by atoms with van der Waals surface area (Å²) < 4.78 is 5.40. The molecule has 0 aromatic heterocycles. The third-order valence-electron chi connectivity index (χ3n) is 4.92. The highest BCUT2D eigenvalue weighted by Gasteiger charge is 2.37. The molecule has 0 saturated heterocycles. The van der Waals surface area contributed by atoms with Gasteiger partial charge in [0.15, 0.2) is 5.78 Å². The van der Waals surface area contributed by atoms with Gasteiger partial charge < -0.3 is 9.84 Å². The maximum atomic E-state index is 12.6. The molecule has 2 rings (SSSR count). The number of esters is 1. The van der Waals surface area contributed by atoms with Crippen LogP contribution in [0.15, 0.2) is 60.7 Å². The van der Waals surface area contributed by atoms with E-state index in [1.54, 1.807) is 38.1 Å². The lowest BCUT2D eigenvalue weighted by molar-refractivity contribution is -0.154. The number of benzene rings is 2. The van der Waals surface area contributed by atoms with Crippen LogP contribution in [0.5, 0.6) is 0 Å². The van der Waals surface area contributed by atoms with E-state index >= 15 is 0 Å². The standard InChI is InChI=1S/C23H27NO5/c1-3-23(2,22(28)29-16-17-10-6-4-7-11-17)24-19(21(26)27)14-15-20(25)18-12-8-5-9-13-18/h4-13,19,24H,3,14-16H2,1-2H3,(H,26,27). The number of carboxylic acids is 1. The molecule has 0 saturated carbocycles. The van der Waals surface area contributed by atoms with Crippen LogP contribution in [0.3, 0.4) is 0 Å². The van der Waals surface area contributed by atoms with Gasteiger partial charge in [0, 0.05) is 12.0 Å². The van der Waals surface area contributed by atoms with Gasteiger partial charge in [-0.2, -0.15) is 0 Å². The first-order valence-corrected chi connectivity index (χ1v) is 9.65. The van der Waals surface area contributed by atoms with E-state index in [2.05, 4.69) is 5.32 Å². The molecule has 2 aromatic rings. The van der Waals surface area contributed by atoms with Crippen molar-refractivity contribution in [3.8, 4) is 0 Å². The molecule has 0 bridgehead atoms. The van der Waals surface area contributed by atoms with Gasteiger partial charge in [0.05, 0.1) is 0 Å². The van der Waals surface area contributed by atoms with Gasteiger partial charge >= 0.3 is 11.9 Å². The monoisotopic (exact) mass is 397 g/mol. The first-order valence-electron chi connectivity index (χ1n) is 9.65. The molecular weight excluding hydrogens is 370 g/mol. The number of nitrogens with one attached hydrogen (secondary N) is 1.